The van der Waals surface area contributed by atoms with Gasteiger partial charge in [-0.3, -0.25) is 15.3 Å². The van der Waals surface area contributed by atoms with Crippen molar-refractivity contribution in [3.8, 4) is 10.6 Å². The van der Waals surface area contributed by atoms with Crippen LogP contribution in [0.3, 0.4) is 0 Å². The molecule has 0 unspecified atom stereocenters. The first kappa shape index (κ1) is 15.8. The molecule has 0 aliphatic carbocycles. The number of nitro groups is 1. The molecule has 1 heterocycles. The standard InChI is InChI=1S/C10H6Cl3N3O2S2/c11-10(12,13)8-6(20-14)2-1-5(16(17)18)7(8)9-15-3-4-19-9/h1-4H,14H2. The van der Waals surface area contributed by atoms with Gasteiger partial charge in [0.15, 0.2) is 0 Å². The Kier molecular flexibility index (Phi) is 4.78. The van der Waals surface area contributed by atoms with Gasteiger partial charge in [-0.15, -0.1) is 11.3 Å². The molecule has 0 saturated heterocycles. The van der Waals surface area contributed by atoms with Gasteiger partial charge in [0.25, 0.3) is 5.69 Å². The Balaban J connectivity index is 2.87. The van der Waals surface area contributed by atoms with Gasteiger partial charge in [0, 0.05) is 28.1 Å². The lowest BCUT2D eigenvalue weighted by atomic mass is 10.1. The quantitative estimate of drug-likeness (QED) is 0.372. The second-order valence-electron chi connectivity index (χ2n) is 3.54. The maximum Gasteiger partial charge on any atom is 0.280 e. The van der Waals surface area contributed by atoms with E-state index in [-0.39, 0.29) is 16.8 Å². The van der Waals surface area contributed by atoms with Gasteiger partial charge in [0.05, 0.1) is 10.5 Å². The number of benzene rings is 1. The van der Waals surface area contributed by atoms with Gasteiger partial charge in [-0.05, 0) is 18.0 Å². The van der Waals surface area contributed by atoms with Gasteiger partial charge in [0.2, 0.25) is 3.79 Å². The lowest BCUT2D eigenvalue weighted by Gasteiger charge is -2.18. The summed E-state index contributed by atoms with van der Waals surface area (Å²) in [5.74, 6) is 0. The average molecular weight is 371 g/mol. The Bertz CT molecular complexity index is 644. The monoisotopic (exact) mass is 369 g/mol. The second-order valence-corrected chi connectivity index (χ2v) is 7.39. The number of nitro benzene ring substituents is 1. The number of aromatic nitrogens is 1. The first-order valence-corrected chi connectivity index (χ1v) is 7.90. The van der Waals surface area contributed by atoms with Crippen molar-refractivity contribution in [2.24, 2.45) is 5.14 Å². The van der Waals surface area contributed by atoms with E-state index in [4.69, 9.17) is 39.9 Å². The van der Waals surface area contributed by atoms with E-state index < -0.39 is 8.72 Å². The van der Waals surface area contributed by atoms with Crippen LogP contribution in [-0.2, 0) is 3.79 Å². The molecule has 10 heteroatoms. The van der Waals surface area contributed by atoms with Crippen LogP contribution in [0.15, 0.2) is 28.6 Å². The molecule has 0 saturated carbocycles. The second kappa shape index (κ2) is 6.05. The van der Waals surface area contributed by atoms with Gasteiger partial charge >= 0.3 is 0 Å². The van der Waals surface area contributed by atoms with Crippen molar-refractivity contribution in [1.29, 1.82) is 0 Å². The van der Waals surface area contributed by atoms with Crippen LogP contribution >= 0.6 is 58.1 Å². The molecule has 106 valence electrons. The molecule has 0 atom stereocenters. The number of halogens is 3. The van der Waals surface area contributed by atoms with Crippen molar-refractivity contribution in [3.63, 3.8) is 0 Å². The van der Waals surface area contributed by atoms with E-state index in [1.165, 1.54) is 29.7 Å². The molecule has 2 N–H and O–H groups in total. The molecule has 1 aromatic heterocycles. The molecule has 20 heavy (non-hydrogen) atoms. The number of hydrogen-bond acceptors (Lipinski definition) is 6. The van der Waals surface area contributed by atoms with Crippen molar-refractivity contribution in [1.82, 2.24) is 4.98 Å². The summed E-state index contributed by atoms with van der Waals surface area (Å²) in [4.78, 5) is 15.2. The molecule has 2 aromatic rings. The summed E-state index contributed by atoms with van der Waals surface area (Å²) >= 11 is 19.9. The van der Waals surface area contributed by atoms with E-state index in [9.17, 15) is 10.1 Å². The number of nitrogens with zero attached hydrogens (tertiary/aromatic N) is 2. The van der Waals surface area contributed by atoms with Crippen molar-refractivity contribution < 1.29 is 4.92 Å². The highest BCUT2D eigenvalue weighted by Gasteiger charge is 2.35. The highest BCUT2D eigenvalue weighted by molar-refractivity contribution is 7.97. The Morgan fingerprint density at radius 3 is 2.55 bits per heavy atom. The van der Waals surface area contributed by atoms with E-state index in [0.717, 1.165) is 11.9 Å². The minimum atomic E-state index is -1.85. The normalized spacial score (nSPS) is 11.6. The van der Waals surface area contributed by atoms with Crippen LogP contribution < -0.4 is 5.14 Å². The Hall–Kier alpha value is -0.570. The van der Waals surface area contributed by atoms with E-state index in [1.54, 1.807) is 5.38 Å². The molecule has 0 bridgehead atoms. The average Bonchev–Trinajstić information content (AvgIpc) is 2.89. The Morgan fingerprint density at radius 2 is 2.10 bits per heavy atom. The lowest BCUT2D eigenvalue weighted by molar-refractivity contribution is -0.384. The molecule has 0 radical (unpaired) electrons. The summed E-state index contributed by atoms with van der Waals surface area (Å²) < 4.78 is -1.85. The third kappa shape index (κ3) is 3.03. The van der Waals surface area contributed by atoms with Gasteiger partial charge in [-0.1, -0.05) is 34.8 Å². The topological polar surface area (TPSA) is 82.0 Å². The third-order valence-electron chi connectivity index (χ3n) is 2.40. The van der Waals surface area contributed by atoms with Crippen molar-refractivity contribution >= 4 is 63.8 Å². The van der Waals surface area contributed by atoms with Crippen LogP contribution in [0.5, 0.6) is 0 Å². The fourth-order valence-corrected chi connectivity index (χ4v) is 3.64. The number of alkyl halides is 3. The van der Waals surface area contributed by atoms with E-state index in [0.29, 0.717) is 9.90 Å². The smallest absolute Gasteiger partial charge is 0.274 e. The molecule has 0 fully saturated rings. The SMILES string of the molecule is NSc1ccc([N+](=O)[O-])c(-c2nccs2)c1C(Cl)(Cl)Cl. The van der Waals surface area contributed by atoms with Gasteiger partial charge < -0.3 is 0 Å². The zero-order valence-corrected chi connectivity index (χ0v) is 13.4. The number of rotatable bonds is 3. The van der Waals surface area contributed by atoms with Crippen LogP contribution in [-0.4, -0.2) is 9.91 Å². The van der Waals surface area contributed by atoms with Crippen LogP contribution in [0.2, 0.25) is 0 Å². The molecule has 0 spiro atoms. The van der Waals surface area contributed by atoms with Crippen molar-refractivity contribution in [2.75, 3.05) is 0 Å². The zero-order valence-electron chi connectivity index (χ0n) is 9.55. The molecule has 1 aromatic carbocycles. The highest BCUT2D eigenvalue weighted by atomic mass is 35.6. The molecule has 0 aliphatic rings. The first-order valence-electron chi connectivity index (χ1n) is 5.01. The highest BCUT2D eigenvalue weighted by Crippen LogP contribution is 2.50. The minimum absolute atomic E-state index is 0.166. The number of hydrogen-bond donors (Lipinski definition) is 1. The van der Waals surface area contributed by atoms with Gasteiger partial charge in [-0.25, -0.2) is 4.98 Å². The Morgan fingerprint density at radius 1 is 1.40 bits per heavy atom. The predicted molar refractivity (Wildman–Crippen MR) is 83.5 cm³/mol. The largest absolute Gasteiger partial charge is 0.280 e. The first-order chi connectivity index (χ1) is 9.36. The fourth-order valence-electron chi connectivity index (χ4n) is 1.67. The number of thiazole rings is 1. The third-order valence-corrected chi connectivity index (χ3v) is 4.35. The zero-order chi connectivity index (χ0) is 14.9. The molecule has 0 aliphatic heterocycles. The van der Waals surface area contributed by atoms with Crippen molar-refractivity contribution in [3.05, 3.63) is 39.4 Å². The van der Waals surface area contributed by atoms with Crippen LogP contribution in [0.4, 0.5) is 5.69 Å². The molecule has 5 nitrogen and oxygen atoms in total. The molecular formula is C10H6Cl3N3O2S2. The van der Waals surface area contributed by atoms with Gasteiger partial charge in [-0.2, -0.15) is 0 Å². The summed E-state index contributed by atoms with van der Waals surface area (Å²) in [5.41, 5.74) is 0.165. The van der Waals surface area contributed by atoms with E-state index in [1.807, 2.05) is 0 Å². The van der Waals surface area contributed by atoms with E-state index >= 15 is 0 Å². The van der Waals surface area contributed by atoms with Crippen LogP contribution in [0, 0.1) is 10.1 Å². The van der Waals surface area contributed by atoms with Gasteiger partial charge in [0.1, 0.15) is 5.01 Å². The van der Waals surface area contributed by atoms with Crippen LogP contribution in [0.1, 0.15) is 5.56 Å². The summed E-state index contributed by atoms with van der Waals surface area (Å²) in [6, 6.07) is 2.78. The van der Waals surface area contributed by atoms with E-state index in [2.05, 4.69) is 4.98 Å². The fraction of sp³-hybridized carbons (Fsp3) is 0.100. The summed E-state index contributed by atoms with van der Waals surface area (Å²) in [6.07, 6.45) is 1.52. The number of nitrogens with two attached hydrogens (primary N) is 1. The van der Waals surface area contributed by atoms with Crippen LogP contribution in [0.25, 0.3) is 10.6 Å². The summed E-state index contributed by atoms with van der Waals surface area (Å²) in [6.45, 7) is 0. The lowest BCUT2D eigenvalue weighted by Crippen LogP contribution is -2.08. The molecule has 0 amide bonds. The predicted octanol–water partition coefficient (Wildman–Crippen LogP) is 4.51. The summed E-state index contributed by atoms with van der Waals surface area (Å²) in [7, 11) is 0. The molecule has 2 rings (SSSR count). The minimum Gasteiger partial charge on any atom is -0.274 e. The summed E-state index contributed by atoms with van der Waals surface area (Å²) in [5, 5.41) is 18.8. The Labute approximate surface area is 137 Å². The molecular weight excluding hydrogens is 365 g/mol. The maximum absolute atomic E-state index is 11.2. The van der Waals surface area contributed by atoms with Crippen molar-refractivity contribution in [2.45, 2.75) is 8.69 Å². The maximum atomic E-state index is 11.2.